The lowest BCUT2D eigenvalue weighted by molar-refractivity contribution is -0.136. The monoisotopic (exact) mass is 386 g/mol. The number of hydrogen-bond donors (Lipinski definition) is 2. The molecule has 144 valence electrons. The van der Waals surface area contributed by atoms with Crippen LogP contribution in [-0.4, -0.2) is 15.9 Å². The fraction of sp³-hybridized carbons (Fsp3) is 0.150. The first-order chi connectivity index (χ1) is 13.3. The third-order valence-electron chi connectivity index (χ3n) is 3.86. The molecule has 0 aliphatic heterocycles. The number of aryl methyl sites for hydroxylation is 1. The molecule has 0 aliphatic rings. The average Bonchev–Trinajstić information content (AvgIpc) is 2.66. The number of carbonyl (C=O) groups excluding carboxylic acids is 1. The number of anilines is 2. The Bertz CT molecular complexity index is 975. The summed E-state index contributed by atoms with van der Waals surface area (Å²) >= 11 is 0. The van der Waals surface area contributed by atoms with Crippen LogP contribution in [-0.2, 0) is 12.7 Å². The average molecular weight is 386 g/mol. The summed E-state index contributed by atoms with van der Waals surface area (Å²) < 4.78 is 39.5. The van der Waals surface area contributed by atoms with E-state index in [2.05, 4.69) is 20.6 Å². The van der Waals surface area contributed by atoms with Gasteiger partial charge in [0.2, 0.25) is 0 Å². The second-order valence-corrected chi connectivity index (χ2v) is 6.02. The maximum atomic E-state index is 13.2. The number of rotatable bonds is 5. The fourth-order valence-electron chi connectivity index (χ4n) is 2.59. The van der Waals surface area contributed by atoms with Crippen molar-refractivity contribution >= 4 is 17.4 Å². The van der Waals surface area contributed by atoms with Gasteiger partial charge < -0.3 is 10.6 Å². The molecule has 3 rings (SSSR count). The van der Waals surface area contributed by atoms with Crippen molar-refractivity contribution in [2.45, 2.75) is 19.6 Å². The van der Waals surface area contributed by atoms with E-state index in [0.29, 0.717) is 6.54 Å². The minimum Gasteiger partial charge on any atom is -0.347 e. The Labute approximate surface area is 159 Å². The normalized spacial score (nSPS) is 11.1. The lowest BCUT2D eigenvalue weighted by atomic mass is 10.1. The zero-order chi connectivity index (χ0) is 20.1. The summed E-state index contributed by atoms with van der Waals surface area (Å²) in [5, 5.41) is 5.37. The standard InChI is InChI=1S/C20H17F3N4O/c1-13-25-17(19(28)24-12-14-7-3-2-4-8-14)11-18(26-13)27-16-10-6-5-9-15(16)20(21,22)23/h2-11H,12H2,1H3,(H,24,28)(H,25,26,27). The molecule has 0 radical (unpaired) electrons. The molecule has 3 aromatic rings. The largest absolute Gasteiger partial charge is 0.418 e. The highest BCUT2D eigenvalue weighted by Crippen LogP contribution is 2.35. The number of alkyl halides is 3. The lowest BCUT2D eigenvalue weighted by Crippen LogP contribution is -2.24. The molecule has 2 N–H and O–H groups in total. The van der Waals surface area contributed by atoms with E-state index in [0.717, 1.165) is 11.6 Å². The highest BCUT2D eigenvalue weighted by molar-refractivity contribution is 5.93. The van der Waals surface area contributed by atoms with Crippen LogP contribution < -0.4 is 10.6 Å². The van der Waals surface area contributed by atoms with Gasteiger partial charge in [0.1, 0.15) is 17.3 Å². The second-order valence-electron chi connectivity index (χ2n) is 6.02. The van der Waals surface area contributed by atoms with E-state index in [4.69, 9.17) is 0 Å². The van der Waals surface area contributed by atoms with Crippen LogP contribution in [0.25, 0.3) is 0 Å². The Morgan fingerprint density at radius 2 is 1.68 bits per heavy atom. The summed E-state index contributed by atoms with van der Waals surface area (Å²) in [5.74, 6) is -0.0741. The predicted octanol–water partition coefficient (Wildman–Crippen LogP) is 4.48. The van der Waals surface area contributed by atoms with Crippen molar-refractivity contribution in [2.75, 3.05) is 5.32 Å². The van der Waals surface area contributed by atoms with Crippen molar-refractivity contribution in [3.8, 4) is 0 Å². The Hall–Kier alpha value is -3.42. The van der Waals surface area contributed by atoms with Crippen LogP contribution in [0.15, 0.2) is 60.7 Å². The molecule has 2 aromatic carbocycles. The van der Waals surface area contributed by atoms with Gasteiger partial charge in [-0.05, 0) is 24.6 Å². The predicted molar refractivity (Wildman–Crippen MR) is 99.1 cm³/mol. The summed E-state index contributed by atoms with van der Waals surface area (Å²) in [4.78, 5) is 20.5. The van der Waals surface area contributed by atoms with Gasteiger partial charge >= 0.3 is 6.18 Å². The van der Waals surface area contributed by atoms with E-state index in [9.17, 15) is 18.0 Å². The number of nitrogens with zero attached hydrogens (tertiary/aromatic N) is 2. The van der Waals surface area contributed by atoms with Gasteiger partial charge in [-0.25, -0.2) is 9.97 Å². The quantitative estimate of drug-likeness (QED) is 0.679. The van der Waals surface area contributed by atoms with Gasteiger partial charge in [-0.2, -0.15) is 13.2 Å². The zero-order valence-electron chi connectivity index (χ0n) is 14.9. The van der Waals surface area contributed by atoms with Crippen molar-refractivity contribution in [1.82, 2.24) is 15.3 Å². The molecule has 1 aromatic heterocycles. The highest BCUT2D eigenvalue weighted by Gasteiger charge is 2.33. The minimum atomic E-state index is -4.51. The molecule has 0 saturated carbocycles. The van der Waals surface area contributed by atoms with Gasteiger partial charge in [-0.15, -0.1) is 0 Å². The molecule has 0 fully saturated rings. The molecular weight excluding hydrogens is 369 g/mol. The van der Waals surface area contributed by atoms with Gasteiger partial charge in [0.15, 0.2) is 0 Å². The number of benzene rings is 2. The summed E-state index contributed by atoms with van der Waals surface area (Å²) in [6, 6.07) is 15.7. The highest BCUT2D eigenvalue weighted by atomic mass is 19.4. The van der Waals surface area contributed by atoms with Crippen molar-refractivity contribution < 1.29 is 18.0 Å². The molecule has 0 bridgehead atoms. The molecule has 8 heteroatoms. The van der Waals surface area contributed by atoms with Crippen molar-refractivity contribution in [3.05, 3.63) is 83.3 Å². The minimum absolute atomic E-state index is 0.0652. The Morgan fingerprint density at radius 1 is 1.00 bits per heavy atom. The van der Waals surface area contributed by atoms with Crippen LogP contribution in [0.2, 0.25) is 0 Å². The van der Waals surface area contributed by atoms with Gasteiger partial charge in [0.05, 0.1) is 11.3 Å². The van der Waals surface area contributed by atoms with E-state index in [-0.39, 0.29) is 23.0 Å². The molecule has 1 heterocycles. The van der Waals surface area contributed by atoms with Crippen LogP contribution in [0.5, 0.6) is 0 Å². The maximum Gasteiger partial charge on any atom is 0.418 e. The topological polar surface area (TPSA) is 66.9 Å². The SMILES string of the molecule is Cc1nc(Nc2ccccc2C(F)(F)F)cc(C(=O)NCc2ccccc2)n1. The molecule has 0 aliphatic carbocycles. The first-order valence-corrected chi connectivity index (χ1v) is 8.44. The number of nitrogens with one attached hydrogen (secondary N) is 2. The number of hydrogen-bond acceptors (Lipinski definition) is 4. The maximum absolute atomic E-state index is 13.2. The molecule has 5 nitrogen and oxygen atoms in total. The third-order valence-corrected chi connectivity index (χ3v) is 3.86. The Kier molecular flexibility index (Phi) is 5.58. The van der Waals surface area contributed by atoms with Crippen LogP contribution in [0.1, 0.15) is 27.4 Å². The zero-order valence-corrected chi connectivity index (χ0v) is 14.9. The lowest BCUT2D eigenvalue weighted by Gasteiger charge is -2.14. The van der Waals surface area contributed by atoms with E-state index in [1.807, 2.05) is 30.3 Å². The van der Waals surface area contributed by atoms with Crippen molar-refractivity contribution in [1.29, 1.82) is 0 Å². The van der Waals surface area contributed by atoms with Crippen LogP contribution in [0.4, 0.5) is 24.7 Å². The Balaban J connectivity index is 1.80. The van der Waals surface area contributed by atoms with Crippen LogP contribution >= 0.6 is 0 Å². The molecule has 0 unspecified atom stereocenters. The fourth-order valence-corrected chi connectivity index (χ4v) is 2.59. The van der Waals surface area contributed by atoms with Crippen LogP contribution in [0.3, 0.4) is 0 Å². The number of halogens is 3. The third kappa shape index (κ3) is 4.85. The van der Waals surface area contributed by atoms with E-state index < -0.39 is 17.6 Å². The molecule has 1 amide bonds. The van der Waals surface area contributed by atoms with Gasteiger partial charge in [0.25, 0.3) is 5.91 Å². The summed E-state index contributed by atoms with van der Waals surface area (Å²) in [5.41, 5.74) is 0.0135. The number of aromatic nitrogens is 2. The second kappa shape index (κ2) is 8.08. The number of carbonyl (C=O) groups is 1. The molecular formula is C20H17F3N4O. The molecule has 0 spiro atoms. The van der Waals surface area contributed by atoms with Crippen molar-refractivity contribution in [2.24, 2.45) is 0 Å². The summed E-state index contributed by atoms with van der Waals surface area (Å²) in [6.45, 7) is 1.87. The molecule has 0 saturated heterocycles. The van der Waals surface area contributed by atoms with Gasteiger partial charge in [0, 0.05) is 12.6 Å². The van der Waals surface area contributed by atoms with E-state index in [1.54, 1.807) is 6.92 Å². The van der Waals surface area contributed by atoms with Gasteiger partial charge in [-0.1, -0.05) is 42.5 Å². The number of amides is 1. The molecule has 0 atom stereocenters. The number of para-hydroxylation sites is 1. The van der Waals surface area contributed by atoms with Crippen molar-refractivity contribution in [3.63, 3.8) is 0 Å². The van der Waals surface area contributed by atoms with E-state index in [1.165, 1.54) is 24.3 Å². The van der Waals surface area contributed by atoms with Crippen LogP contribution in [0, 0.1) is 6.92 Å². The van der Waals surface area contributed by atoms with E-state index >= 15 is 0 Å². The van der Waals surface area contributed by atoms with Gasteiger partial charge in [-0.3, -0.25) is 4.79 Å². The smallest absolute Gasteiger partial charge is 0.347 e. The summed E-state index contributed by atoms with van der Waals surface area (Å²) in [6.07, 6.45) is -4.51. The first kappa shape index (κ1) is 19.3. The first-order valence-electron chi connectivity index (χ1n) is 8.44. The summed E-state index contributed by atoms with van der Waals surface area (Å²) in [7, 11) is 0. The Morgan fingerprint density at radius 3 is 2.39 bits per heavy atom. The molecule has 28 heavy (non-hydrogen) atoms.